The first-order valence-electron chi connectivity index (χ1n) is 6.50. The molecule has 0 saturated heterocycles. The standard InChI is InChI=1S/C13H17N5OS/c1-3-15-13-17-16-11(20-13)12(19)18(4-2)9-10-5-7-14-8-6-10/h5-8H,3-4,9H2,1-2H3,(H,15,17). The van der Waals surface area contributed by atoms with Gasteiger partial charge in [-0.1, -0.05) is 11.3 Å². The van der Waals surface area contributed by atoms with Crippen LogP contribution in [0.3, 0.4) is 0 Å². The van der Waals surface area contributed by atoms with Crippen molar-refractivity contribution < 1.29 is 4.79 Å². The molecule has 7 heteroatoms. The second kappa shape index (κ2) is 6.95. The van der Waals surface area contributed by atoms with Gasteiger partial charge in [-0.2, -0.15) is 0 Å². The van der Waals surface area contributed by atoms with E-state index in [9.17, 15) is 4.79 Å². The summed E-state index contributed by atoms with van der Waals surface area (Å²) in [5.41, 5.74) is 1.05. The van der Waals surface area contributed by atoms with Crippen molar-refractivity contribution in [2.24, 2.45) is 0 Å². The van der Waals surface area contributed by atoms with Crippen molar-refractivity contribution in [3.8, 4) is 0 Å². The number of amides is 1. The minimum absolute atomic E-state index is 0.0917. The van der Waals surface area contributed by atoms with Gasteiger partial charge in [0.2, 0.25) is 10.1 Å². The smallest absolute Gasteiger partial charge is 0.285 e. The van der Waals surface area contributed by atoms with E-state index in [1.54, 1.807) is 17.3 Å². The third-order valence-corrected chi connectivity index (χ3v) is 3.60. The van der Waals surface area contributed by atoms with Crippen LogP contribution in [0.4, 0.5) is 5.13 Å². The maximum atomic E-state index is 12.4. The van der Waals surface area contributed by atoms with Crippen molar-refractivity contribution in [3.63, 3.8) is 0 Å². The first-order valence-corrected chi connectivity index (χ1v) is 7.31. The monoisotopic (exact) mass is 291 g/mol. The van der Waals surface area contributed by atoms with Crippen molar-refractivity contribution in [2.75, 3.05) is 18.4 Å². The Balaban J connectivity index is 2.08. The van der Waals surface area contributed by atoms with E-state index in [1.165, 1.54) is 11.3 Å². The van der Waals surface area contributed by atoms with Crippen LogP contribution >= 0.6 is 11.3 Å². The van der Waals surface area contributed by atoms with Gasteiger partial charge in [-0.3, -0.25) is 9.78 Å². The third kappa shape index (κ3) is 3.51. The number of carbonyl (C=O) groups excluding carboxylic acids is 1. The molecular formula is C13H17N5OS. The summed E-state index contributed by atoms with van der Waals surface area (Å²) in [6.07, 6.45) is 3.45. The topological polar surface area (TPSA) is 71.0 Å². The molecule has 0 radical (unpaired) electrons. The molecule has 2 rings (SSSR count). The second-order valence-electron chi connectivity index (χ2n) is 4.12. The largest absolute Gasteiger partial charge is 0.360 e. The summed E-state index contributed by atoms with van der Waals surface area (Å²) in [6, 6.07) is 3.81. The van der Waals surface area contributed by atoms with Gasteiger partial charge in [0.05, 0.1) is 0 Å². The fourth-order valence-electron chi connectivity index (χ4n) is 1.70. The van der Waals surface area contributed by atoms with Gasteiger partial charge in [-0.25, -0.2) is 0 Å². The molecule has 6 nitrogen and oxygen atoms in total. The van der Waals surface area contributed by atoms with Gasteiger partial charge < -0.3 is 10.2 Å². The lowest BCUT2D eigenvalue weighted by Crippen LogP contribution is -2.30. The fraction of sp³-hybridized carbons (Fsp3) is 0.385. The third-order valence-electron chi connectivity index (χ3n) is 2.73. The molecule has 0 aliphatic rings. The number of carbonyl (C=O) groups is 1. The first kappa shape index (κ1) is 14.4. The molecule has 0 bridgehead atoms. The number of aromatic nitrogens is 3. The van der Waals surface area contributed by atoms with E-state index < -0.39 is 0 Å². The van der Waals surface area contributed by atoms with Crippen LogP contribution in [-0.4, -0.2) is 39.1 Å². The van der Waals surface area contributed by atoms with Crippen LogP contribution < -0.4 is 5.32 Å². The van der Waals surface area contributed by atoms with Crippen molar-refractivity contribution in [1.29, 1.82) is 0 Å². The summed E-state index contributed by atoms with van der Waals surface area (Å²) < 4.78 is 0. The van der Waals surface area contributed by atoms with Gasteiger partial charge in [-0.15, -0.1) is 10.2 Å². The molecule has 20 heavy (non-hydrogen) atoms. The number of hydrogen-bond donors (Lipinski definition) is 1. The van der Waals surface area contributed by atoms with Crippen LogP contribution in [-0.2, 0) is 6.54 Å². The molecule has 0 spiro atoms. The molecule has 0 atom stereocenters. The minimum atomic E-state index is -0.0917. The van der Waals surface area contributed by atoms with Gasteiger partial charge >= 0.3 is 0 Å². The summed E-state index contributed by atoms with van der Waals surface area (Å²) in [6.45, 7) is 5.86. The highest BCUT2D eigenvalue weighted by molar-refractivity contribution is 7.17. The molecule has 2 aromatic rings. The predicted octanol–water partition coefficient (Wildman–Crippen LogP) is 2.03. The highest BCUT2D eigenvalue weighted by atomic mass is 32.1. The molecule has 2 heterocycles. The summed E-state index contributed by atoms with van der Waals surface area (Å²) in [7, 11) is 0. The summed E-state index contributed by atoms with van der Waals surface area (Å²) in [5.74, 6) is -0.0917. The minimum Gasteiger partial charge on any atom is -0.360 e. The molecule has 0 aliphatic carbocycles. The van der Waals surface area contributed by atoms with E-state index in [-0.39, 0.29) is 5.91 Å². The molecule has 1 amide bonds. The van der Waals surface area contributed by atoms with Crippen molar-refractivity contribution >= 4 is 22.4 Å². The Kier molecular flexibility index (Phi) is 5.00. The van der Waals surface area contributed by atoms with E-state index in [0.29, 0.717) is 23.2 Å². The molecule has 0 fully saturated rings. The zero-order valence-electron chi connectivity index (χ0n) is 11.5. The maximum absolute atomic E-state index is 12.4. The number of pyridine rings is 1. The van der Waals surface area contributed by atoms with Gasteiger partial charge in [0.1, 0.15) is 0 Å². The van der Waals surface area contributed by atoms with Gasteiger partial charge in [-0.05, 0) is 31.5 Å². The Morgan fingerprint density at radius 3 is 2.70 bits per heavy atom. The van der Waals surface area contributed by atoms with Crippen LogP contribution in [0, 0.1) is 0 Å². The molecule has 1 N–H and O–H groups in total. The number of nitrogens with zero attached hydrogens (tertiary/aromatic N) is 4. The average molecular weight is 291 g/mol. The normalized spacial score (nSPS) is 10.3. The zero-order valence-corrected chi connectivity index (χ0v) is 12.4. The van der Waals surface area contributed by atoms with Crippen molar-refractivity contribution in [3.05, 3.63) is 35.1 Å². The molecule has 0 aliphatic heterocycles. The Morgan fingerprint density at radius 1 is 1.30 bits per heavy atom. The predicted molar refractivity (Wildman–Crippen MR) is 78.7 cm³/mol. The van der Waals surface area contributed by atoms with Gasteiger partial charge in [0, 0.05) is 32.0 Å². The van der Waals surface area contributed by atoms with E-state index in [0.717, 1.165) is 12.1 Å². The molecule has 0 aromatic carbocycles. The van der Waals surface area contributed by atoms with Crippen LogP contribution in [0.1, 0.15) is 29.2 Å². The van der Waals surface area contributed by atoms with E-state index in [1.807, 2.05) is 26.0 Å². The van der Waals surface area contributed by atoms with Crippen molar-refractivity contribution in [1.82, 2.24) is 20.1 Å². The number of nitrogens with one attached hydrogen (secondary N) is 1. The maximum Gasteiger partial charge on any atom is 0.285 e. The fourth-order valence-corrected chi connectivity index (χ4v) is 2.48. The summed E-state index contributed by atoms with van der Waals surface area (Å²) in [4.78, 5) is 18.1. The Hall–Kier alpha value is -2.02. The Labute approximate surface area is 121 Å². The lowest BCUT2D eigenvalue weighted by Gasteiger charge is -2.19. The lowest BCUT2D eigenvalue weighted by atomic mass is 10.2. The summed E-state index contributed by atoms with van der Waals surface area (Å²) in [5, 5.41) is 12.0. The van der Waals surface area contributed by atoms with E-state index >= 15 is 0 Å². The Bertz CT molecular complexity index is 557. The van der Waals surface area contributed by atoms with Crippen molar-refractivity contribution in [2.45, 2.75) is 20.4 Å². The molecule has 2 aromatic heterocycles. The molecule has 0 unspecified atom stereocenters. The highest BCUT2D eigenvalue weighted by Gasteiger charge is 2.19. The van der Waals surface area contributed by atoms with Gasteiger partial charge in [0.25, 0.3) is 5.91 Å². The van der Waals surface area contributed by atoms with Crippen LogP contribution in [0.2, 0.25) is 0 Å². The number of anilines is 1. The number of hydrogen-bond acceptors (Lipinski definition) is 6. The molecule has 106 valence electrons. The second-order valence-corrected chi connectivity index (χ2v) is 5.10. The molecule has 0 saturated carbocycles. The lowest BCUT2D eigenvalue weighted by molar-refractivity contribution is 0.0751. The zero-order chi connectivity index (χ0) is 14.4. The number of rotatable bonds is 6. The van der Waals surface area contributed by atoms with Gasteiger partial charge in [0.15, 0.2) is 0 Å². The van der Waals surface area contributed by atoms with Crippen LogP contribution in [0.25, 0.3) is 0 Å². The molecular weight excluding hydrogens is 274 g/mol. The van der Waals surface area contributed by atoms with E-state index in [2.05, 4.69) is 20.5 Å². The Morgan fingerprint density at radius 2 is 2.05 bits per heavy atom. The first-order chi connectivity index (χ1) is 9.74. The van der Waals surface area contributed by atoms with E-state index in [4.69, 9.17) is 0 Å². The highest BCUT2D eigenvalue weighted by Crippen LogP contribution is 2.17. The summed E-state index contributed by atoms with van der Waals surface area (Å²) >= 11 is 1.28. The van der Waals surface area contributed by atoms with Crippen LogP contribution in [0.15, 0.2) is 24.5 Å². The SMILES string of the molecule is CCNc1nnc(C(=O)N(CC)Cc2ccncc2)s1. The van der Waals surface area contributed by atoms with Crippen LogP contribution in [0.5, 0.6) is 0 Å². The average Bonchev–Trinajstić information content (AvgIpc) is 2.94. The quantitative estimate of drug-likeness (QED) is 0.881.